The molecule has 1 aromatic heterocycles. The van der Waals surface area contributed by atoms with Gasteiger partial charge in [0.15, 0.2) is 0 Å². The van der Waals surface area contributed by atoms with Gasteiger partial charge in [0, 0.05) is 18.0 Å². The number of unbranched alkanes of at least 4 members (excludes halogenated alkanes) is 1. The van der Waals surface area contributed by atoms with Crippen molar-refractivity contribution in [1.82, 2.24) is 4.98 Å². The van der Waals surface area contributed by atoms with E-state index >= 15 is 0 Å². The minimum absolute atomic E-state index is 0.688. The molecule has 16 heavy (non-hydrogen) atoms. The van der Waals surface area contributed by atoms with Crippen LogP contribution in [-0.4, -0.2) is 11.6 Å². The summed E-state index contributed by atoms with van der Waals surface area (Å²) in [7, 11) is 0. The third-order valence-corrected chi connectivity index (χ3v) is 2.90. The Bertz CT molecular complexity index is 299. The minimum Gasteiger partial charge on any atom is -0.493 e. The summed E-state index contributed by atoms with van der Waals surface area (Å²) in [6.07, 6.45) is 6.85. The van der Waals surface area contributed by atoms with Gasteiger partial charge in [-0.1, -0.05) is 33.1 Å². The molecule has 1 rings (SSSR count). The smallest absolute Gasteiger partial charge is 0.122 e. The summed E-state index contributed by atoms with van der Waals surface area (Å²) in [5.41, 5.74) is 1.01. The van der Waals surface area contributed by atoms with Crippen molar-refractivity contribution in [1.29, 1.82) is 0 Å². The van der Waals surface area contributed by atoms with E-state index in [1.54, 1.807) is 6.20 Å². The zero-order valence-electron chi connectivity index (χ0n) is 10.7. The van der Waals surface area contributed by atoms with Crippen LogP contribution in [0.2, 0.25) is 0 Å². The van der Waals surface area contributed by atoms with Crippen molar-refractivity contribution in [3.8, 4) is 5.75 Å². The molecule has 0 aromatic carbocycles. The molecule has 0 saturated carbocycles. The van der Waals surface area contributed by atoms with Crippen LogP contribution >= 0.6 is 0 Å². The molecule has 0 saturated heterocycles. The van der Waals surface area contributed by atoms with E-state index in [1.165, 1.54) is 25.7 Å². The third-order valence-electron chi connectivity index (χ3n) is 2.90. The highest BCUT2D eigenvalue weighted by Gasteiger charge is 2.06. The second kappa shape index (κ2) is 7.26. The van der Waals surface area contributed by atoms with Crippen LogP contribution in [0.25, 0.3) is 0 Å². The molecule has 90 valence electrons. The molecule has 1 atom stereocenters. The lowest BCUT2D eigenvalue weighted by atomic mass is 10.0. The number of aryl methyl sites for hydroxylation is 1. The molecule has 0 N–H and O–H groups in total. The SMILES string of the molecule is CCCCC(CC)COc1ccnc(C)c1. The van der Waals surface area contributed by atoms with Crippen LogP contribution in [0.4, 0.5) is 0 Å². The number of rotatable bonds is 7. The number of hydrogen-bond donors (Lipinski definition) is 0. The molecule has 0 radical (unpaired) electrons. The summed E-state index contributed by atoms with van der Waals surface area (Å²) in [6, 6.07) is 3.92. The van der Waals surface area contributed by atoms with Gasteiger partial charge in [0.25, 0.3) is 0 Å². The lowest BCUT2D eigenvalue weighted by Gasteiger charge is -2.15. The molecule has 0 aliphatic carbocycles. The maximum atomic E-state index is 5.80. The average molecular weight is 221 g/mol. The largest absolute Gasteiger partial charge is 0.493 e. The van der Waals surface area contributed by atoms with Crippen LogP contribution in [0.1, 0.15) is 45.2 Å². The van der Waals surface area contributed by atoms with Crippen molar-refractivity contribution in [2.24, 2.45) is 5.92 Å². The Hall–Kier alpha value is -1.05. The van der Waals surface area contributed by atoms with E-state index in [9.17, 15) is 0 Å². The van der Waals surface area contributed by atoms with Crippen molar-refractivity contribution >= 4 is 0 Å². The summed E-state index contributed by atoms with van der Waals surface area (Å²) in [5.74, 6) is 1.64. The van der Waals surface area contributed by atoms with E-state index in [4.69, 9.17) is 4.74 Å². The van der Waals surface area contributed by atoms with Crippen LogP contribution in [0, 0.1) is 12.8 Å². The molecule has 0 bridgehead atoms. The molecule has 0 spiro atoms. The van der Waals surface area contributed by atoms with Crippen molar-refractivity contribution in [3.05, 3.63) is 24.0 Å². The van der Waals surface area contributed by atoms with Gasteiger partial charge >= 0.3 is 0 Å². The monoisotopic (exact) mass is 221 g/mol. The molecule has 0 aliphatic heterocycles. The first kappa shape index (κ1) is 13.0. The molecule has 1 unspecified atom stereocenters. The van der Waals surface area contributed by atoms with Gasteiger partial charge in [-0.15, -0.1) is 0 Å². The highest BCUT2D eigenvalue weighted by atomic mass is 16.5. The molecule has 1 aromatic rings. The first-order chi connectivity index (χ1) is 7.76. The Morgan fingerprint density at radius 1 is 1.38 bits per heavy atom. The number of hydrogen-bond acceptors (Lipinski definition) is 2. The summed E-state index contributed by atoms with van der Waals surface area (Å²) >= 11 is 0. The van der Waals surface area contributed by atoms with E-state index in [2.05, 4.69) is 18.8 Å². The highest BCUT2D eigenvalue weighted by Crippen LogP contribution is 2.16. The first-order valence-corrected chi connectivity index (χ1v) is 6.31. The van der Waals surface area contributed by atoms with E-state index in [0.717, 1.165) is 18.1 Å². The quantitative estimate of drug-likeness (QED) is 0.694. The summed E-state index contributed by atoms with van der Waals surface area (Å²) in [6.45, 7) is 7.29. The van der Waals surface area contributed by atoms with E-state index < -0.39 is 0 Å². The van der Waals surface area contributed by atoms with Crippen molar-refractivity contribution in [2.45, 2.75) is 46.5 Å². The molecule has 0 amide bonds. The summed E-state index contributed by atoms with van der Waals surface area (Å²) in [5, 5.41) is 0. The molecule has 2 heteroatoms. The normalized spacial score (nSPS) is 12.4. The van der Waals surface area contributed by atoms with Crippen molar-refractivity contribution < 1.29 is 4.74 Å². The van der Waals surface area contributed by atoms with Crippen LogP contribution < -0.4 is 4.74 Å². The van der Waals surface area contributed by atoms with Crippen LogP contribution in [-0.2, 0) is 0 Å². The maximum Gasteiger partial charge on any atom is 0.122 e. The van der Waals surface area contributed by atoms with Gasteiger partial charge in [0.05, 0.1) is 6.61 Å². The van der Waals surface area contributed by atoms with Gasteiger partial charge in [0.1, 0.15) is 5.75 Å². The van der Waals surface area contributed by atoms with Gasteiger partial charge in [0.2, 0.25) is 0 Å². The predicted molar refractivity (Wildman–Crippen MR) is 67.8 cm³/mol. The van der Waals surface area contributed by atoms with Gasteiger partial charge in [-0.05, 0) is 25.3 Å². The molecule has 1 heterocycles. The number of aromatic nitrogens is 1. The third kappa shape index (κ3) is 4.65. The number of ether oxygens (including phenoxy) is 1. The Kier molecular flexibility index (Phi) is 5.91. The predicted octanol–water partition coefficient (Wildman–Crippen LogP) is 3.99. The lowest BCUT2D eigenvalue weighted by Crippen LogP contribution is -2.11. The Morgan fingerprint density at radius 3 is 2.81 bits per heavy atom. The van der Waals surface area contributed by atoms with Crippen LogP contribution in [0.5, 0.6) is 5.75 Å². The van der Waals surface area contributed by atoms with Gasteiger partial charge in [-0.3, -0.25) is 4.98 Å². The standard InChI is InChI=1S/C14H23NO/c1-4-6-7-13(5-2)11-16-14-8-9-15-12(3)10-14/h8-10,13H,4-7,11H2,1-3H3. The number of nitrogens with zero attached hydrogens (tertiary/aromatic N) is 1. The van der Waals surface area contributed by atoms with Gasteiger partial charge in [-0.2, -0.15) is 0 Å². The Labute approximate surface area is 99.0 Å². The number of pyridine rings is 1. The highest BCUT2D eigenvalue weighted by molar-refractivity contribution is 5.21. The molecule has 0 aliphatic rings. The van der Waals surface area contributed by atoms with Gasteiger partial charge < -0.3 is 4.74 Å². The molecule has 2 nitrogen and oxygen atoms in total. The van der Waals surface area contributed by atoms with Crippen LogP contribution in [0.3, 0.4) is 0 Å². The average Bonchev–Trinajstić information content (AvgIpc) is 2.29. The van der Waals surface area contributed by atoms with E-state index in [1.807, 2.05) is 19.1 Å². The van der Waals surface area contributed by atoms with Gasteiger partial charge in [-0.25, -0.2) is 0 Å². The molecular formula is C14H23NO. The van der Waals surface area contributed by atoms with E-state index in [0.29, 0.717) is 5.92 Å². The summed E-state index contributed by atoms with van der Waals surface area (Å²) in [4.78, 5) is 4.16. The lowest BCUT2D eigenvalue weighted by molar-refractivity contribution is 0.233. The Morgan fingerprint density at radius 2 is 2.19 bits per heavy atom. The zero-order valence-corrected chi connectivity index (χ0v) is 10.7. The van der Waals surface area contributed by atoms with E-state index in [-0.39, 0.29) is 0 Å². The fraction of sp³-hybridized carbons (Fsp3) is 0.643. The van der Waals surface area contributed by atoms with Crippen molar-refractivity contribution in [3.63, 3.8) is 0 Å². The Balaban J connectivity index is 2.37. The fourth-order valence-corrected chi connectivity index (χ4v) is 1.72. The molecular weight excluding hydrogens is 198 g/mol. The second-order valence-electron chi connectivity index (χ2n) is 4.36. The molecule has 0 fully saturated rings. The first-order valence-electron chi connectivity index (χ1n) is 6.31. The fourth-order valence-electron chi connectivity index (χ4n) is 1.72. The summed E-state index contributed by atoms with van der Waals surface area (Å²) < 4.78 is 5.80. The topological polar surface area (TPSA) is 22.1 Å². The van der Waals surface area contributed by atoms with Crippen molar-refractivity contribution in [2.75, 3.05) is 6.61 Å². The minimum atomic E-state index is 0.688. The van der Waals surface area contributed by atoms with Crippen LogP contribution in [0.15, 0.2) is 18.3 Å². The maximum absolute atomic E-state index is 5.80. The second-order valence-corrected chi connectivity index (χ2v) is 4.36. The zero-order chi connectivity index (χ0) is 11.8.